The summed E-state index contributed by atoms with van der Waals surface area (Å²) in [6.07, 6.45) is 2.01. The van der Waals surface area contributed by atoms with Gasteiger partial charge in [-0.15, -0.1) is 0 Å². The maximum Gasteiger partial charge on any atom is 0.336 e. The summed E-state index contributed by atoms with van der Waals surface area (Å²) in [7, 11) is 1.51. The van der Waals surface area contributed by atoms with Gasteiger partial charge in [-0.25, -0.2) is 14.6 Å². The van der Waals surface area contributed by atoms with Crippen LogP contribution in [0.25, 0.3) is 0 Å². The van der Waals surface area contributed by atoms with Crippen LogP contribution in [0.15, 0.2) is 54.7 Å². The van der Waals surface area contributed by atoms with Gasteiger partial charge >= 0.3 is 11.9 Å². The standard InChI is InChI=1S/C23H23N3O6/c1-14(15-6-4-3-5-7-15)24-12-11-17-23-26(2)22(29)20-16(10-13-25-21(20)31-17)30-18(27)8-9-19(28)32-23/h3-10,13-14,17,23-24H,11-12H2,1-2H3/b9-8-. The van der Waals surface area contributed by atoms with Crippen molar-refractivity contribution in [3.63, 3.8) is 0 Å². The minimum Gasteiger partial charge on any atom is -0.468 e. The van der Waals surface area contributed by atoms with Gasteiger partial charge in [0.1, 0.15) is 5.56 Å². The molecule has 0 saturated carbocycles. The summed E-state index contributed by atoms with van der Waals surface area (Å²) >= 11 is 0. The number of hydrogen-bond acceptors (Lipinski definition) is 8. The van der Waals surface area contributed by atoms with Crippen LogP contribution in [0.5, 0.6) is 11.6 Å². The third-order valence-electron chi connectivity index (χ3n) is 5.36. The molecule has 0 radical (unpaired) electrons. The Labute approximate surface area is 185 Å². The number of esters is 2. The first-order valence-corrected chi connectivity index (χ1v) is 10.3. The maximum atomic E-state index is 13.2. The molecule has 32 heavy (non-hydrogen) atoms. The van der Waals surface area contributed by atoms with Gasteiger partial charge in [-0.2, -0.15) is 0 Å². The first-order chi connectivity index (χ1) is 15.4. The van der Waals surface area contributed by atoms with Gasteiger partial charge in [0.05, 0.1) is 0 Å². The van der Waals surface area contributed by atoms with Crippen molar-refractivity contribution in [2.45, 2.75) is 31.7 Å². The fourth-order valence-corrected chi connectivity index (χ4v) is 3.64. The van der Waals surface area contributed by atoms with E-state index in [0.717, 1.165) is 17.7 Å². The summed E-state index contributed by atoms with van der Waals surface area (Å²) < 4.78 is 16.8. The van der Waals surface area contributed by atoms with Crippen LogP contribution in [0.1, 0.15) is 35.3 Å². The molecule has 3 atom stereocenters. The van der Waals surface area contributed by atoms with Crippen molar-refractivity contribution in [1.29, 1.82) is 0 Å². The highest BCUT2D eigenvalue weighted by Gasteiger charge is 2.40. The zero-order valence-corrected chi connectivity index (χ0v) is 17.7. The highest BCUT2D eigenvalue weighted by molar-refractivity contribution is 6.01. The zero-order valence-electron chi connectivity index (χ0n) is 17.7. The molecule has 1 amide bonds. The number of fused-ring (bicyclic) bond motifs is 2. The van der Waals surface area contributed by atoms with E-state index in [0.29, 0.717) is 13.0 Å². The summed E-state index contributed by atoms with van der Waals surface area (Å²) in [4.78, 5) is 42.9. The van der Waals surface area contributed by atoms with E-state index in [9.17, 15) is 14.4 Å². The van der Waals surface area contributed by atoms with Gasteiger partial charge in [-0.3, -0.25) is 4.79 Å². The van der Waals surface area contributed by atoms with Crippen molar-refractivity contribution in [1.82, 2.24) is 15.2 Å². The minimum absolute atomic E-state index is 0.00562. The molecule has 2 aromatic rings. The number of nitrogens with one attached hydrogen (secondary N) is 1. The number of rotatable bonds is 5. The summed E-state index contributed by atoms with van der Waals surface area (Å²) in [6.45, 7) is 2.57. The Hall–Kier alpha value is -3.72. The molecule has 3 heterocycles. The molecule has 1 aromatic heterocycles. The lowest BCUT2D eigenvalue weighted by Gasteiger charge is -2.31. The van der Waals surface area contributed by atoms with Crippen LogP contribution in [0, 0.1) is 0 Å². The highest BCUT2D eigenvalue weighted by Crippen LogP contribution is 2.34. The van der Waals surface area contributed by atoms with Gasteiger partial charge in [0.25, 0.3) is 5.91 Å². The molecular weight excluding hydrogens is 414 g/mol. The Kier molecular flexibility index (Phi) is 6.18. The lowest BCUT2D eigenvalue weighted by molar-refractivity contribution is -0.158. The Bertz CT molecular complexity index is 1050. The van der Waals surface area contributed by atoms with Gasteiger partial charge in [-0.1, -0.05) is 30.3 Å². The van der Waals surface area contributed by atoms with Gasteiger partial charge in [0.2, 0.25) is 12.1 Å². The van der Waals surface area contributed by atoms with E-state index < -0.39 is 30.2 Å². The molecule has 0 spiro atoms. The Morgan fingerprint density at radius 1 is 1.06 bits per heavy atom. The molecule has 0 fully saturated rings. The average Bonchev–Trinajstić information content (AvgIpc) is 2.89. The molecule has 166 valence electrons. The van der Waals surface area contributed by atoms with Crippen LogP contribution in [0.4, 0.5) is 0 Å². The molecule has 2 aliphatic rings. The molecule has 1 N–H and O–H groups in total. The lowest BCUT2D eigenvalue weighted by atomic mass is 10.1. The van der Waals surface area contributed by atoms with E-state index in [1.165, 1.54) is 24.2 Å². The van der Waals surface area contributed by atoms with E-state index in [1.807, 2.05) is 37.3 Å². The average molecular weight is 437 g/mol. The van der Waals surface area contributed by atoms with Crippen molar-refractivity contribution in [3.05, 3.63) is 65.9 Å². The lowest BCUT2D eigenvalue weighted by Crippen LogP contribution is -2.48. The van der Waals surface area contributed by atoms with Crippen LogP contribution >= 0.6 is 0 Å². The van der Waals surface area contributed by atoms with Crippen molar-refractivity contribution in [3.8, 4) is 11.6 Å². The molecule has 9 heteroatoms. The van der Waals surface area contributed by atoms with Gasteiger partial charge in [0, 0.05) is 43.9 Å². The number of carbonyl (C=O) groups is 3. The van der Waals surface area contributed by atoms with Gasteiger partial charge < -0.3 is 24.4 Å². The topological polar surface area (TPSA) is 107 Å². The Morgan fingerprint density at radius 3 is 2.59 bits per heavy atom. The van der Waals surface area contributed by atoms with Crippen molar-refractivity contribution in [2.75, 3.05) is 13.6 Å². The highest BCUT2D eigenvalue weighted by atomic mass is 16.6. The maximum absolute atomic E-state index is 13.2. The number of carbonyl (C=O) groups excluding carboxylic acids is 3. The Morgan fingerprint density at radius 2 is 1.81 bits per heavy atom. The molecular formula is C23H23N3O6. The normalized spacial score (nSPS) is 22.2. The molecule has 1 aromatic carbocycles. The third-order valence-corrected chi connectivity index (χ3v) is 5.36. The summed E-state index contributed by atoms with van der Waals surface area (Å²) in [5.74, 6) is -2.10. The second-order valence-electron chi connectivity index (χ2n) is 7.52. The number of benzene rings is 1. The van der Waals surface area contributed by atoms with E-state index in [4.69, 9.17) is 14.2 Å². The van der Waals surface area contributed by atoms with Crippen LogP contribution in [0.2, 0.25) is 0 Å². The number of nitrogens with zero attached hydrogens (tertiary/aromatic N) is 2. The fraction of sp³-hybridized carbons (Fsp3) is 0.304. The number of likely N-dealkylation sites (N-methyl/N-ethyl adjacent to an activating group) is 1. The van der Waals surface area contributed by atoms with E-state index >= 15 is 0 Å². The quantitative estimate of drug-likeness (QED) is 0.708. The number of amides is 1. The second kappa shape index (κ2) is 9.19. The zero-order chi connectivity index (χ0) is 22.7. The molecule has 2 bridgehead atoms. The van der Waals surface area contributed by atoms with Crippen LogP contribution < -0.4 is 14.8 Å². The number of aromatic nitrogens is 1. The number of hydrogen-bond donors (Lipinski definition) is 1. The summed E-state index contributed by atoms with van der Waals surface area (Å²) in [5.41, 5.74) is 1.14. The molecule has 4 rings (SSSR count). The van der Waals surface area contributed by atoms with E-state index in [2.05, 4.69) is 10.3 Å². The first-order valence-electron chi connectivity index (χ1n) is 10.3. The fourth-order valence-electron chi connectivity index (χ4n) is 3.64. The molecule has 2 aliphatic heterocycles. The smallest absolute Gasteiger partial charge is 0.336 e. The van der Waals surface area contributed by atoms with Crippen LogP contribution in [-0.4, -0.2) is 53.7 Å². The molecule has 9 nitrogen and oxygen atoms in total. The predicted molar refractivity (Wildman–Crippen MR) is 113 cm³/mol. The summed E-state index contributed by atoms with van der Waals surface area (Å²) in [5, 5.41) is 3.42. The number of pyridine rings is 1. The molecule has 0 aliphatic carbocycles. The minimum atomic E-state index is -1.02. The van der Waals surface area contributed by atoms with Crippen molar-refractivity contribution in [2.24, 2.45) is 0 Å². The van der Waals surface area contributed by atoms with Crippen molar-refractivity contribution >= 4 is 17.8 Å². The second-order valence-corrected chi connectivity index (χ2v) is 7.52. The molecule has 3 unspecified atom stereocenters. The van der Waals surface area contributed by atoms with Crippen LogP contribution in [-0.2, 0) is 14.3 Å². The largest absolute Gasteiger partial charge is 0.468 e. The van der Waals surface area contributed by atoms with Crippen molar-refractivity contribution < 1.29 is 28.6 Å². The monoisotopic (exact) mass is 437 g/mol. The third kappa shape index (κ3) is 4.47. The predicted octanol–water partition coefficient (Wildman–Crippen LogP) is 2.00. The van der Waals surface area contributed by atoms with Gasteiger partial charge in [-0.05, 0) is 19.0 Å². The Balaban J connectivity index is 1.61. The number of ether oxygens (including phenoxy) is 3. The van der Waals surface area contributed by atoms with Crippen LogP contribution in [0.3, 0.4) is 0 Å². The van der Waals surface area contributed by atoms with E-state index in [1.54, 1.807) is 0 Å². The summed E-state index contributed by atoms with van der Waals surface area (Å²) in [6, 6.07) is 11.5. The van der Waals surface area contributed by atoms with E-state index in [-0.39, 0.29) is 23.2 Å². The first kappa shape index (κ1) is 21.5. The van der Waals surface area contributed by atoms with Gasteiger partial charge in [0.15, 0.2) is 11.9 Å². The molecule has 0 saturated heterocycles. The SMILES string of the molecule is CC(NCCC1Oc2nccc3c2C(=O)N(C)C1OC(=O)/C=C\C(=O)O3)c1ccccc1.